The van der Waals surface area contributed by atoms with E-state index >= 15 is 0 Å². The van der Waals surface area contributed by atoms with Crippen LogP contribution in [0, 0.1) is 0 Å². The maximum Gasteiger partial charge on any atom is 0.411 e. The van der Waals surface area contributed by atoms with Gasteiger partial charge in [0.15, 0.2) is 0 Å². The van der Waals surface area contributed by atoms with Crippen LogP contribution < -0.4 is 10.1 Å². The number of benzene rings is 1. The number of carbonyl (C=O) groups is 1. The molecule has 1 saturated carbocycles. The predicted molar refractivity (Wildman–Crippen MR) is 118 cm³/mol. The number of anilines is 1. The molecule has 0 aliphatic heterocycles. The molecule has 1 aliphatic carbocycles. The number of carbonyl (C=O) groups excluding carboxylic acids is 1. The summed E-state index contributed by atoms with van der Waals surface area (Å²) in [5, 5.41) is 2.85. The van der Waals surface area contributed by atoms with Crippen molar-refractivity contribution >= 4 is 24.2 Å². The molecule has 6 heteroatoms. The summed E-state index contributed by atoms with van der Waals surface area (Å²) in [4.78, 5) is 14.8. The SMILES string of the molecule is CCCCCOc1ccc(NC(=O)O[C@H]2CCCC[C@@H]2N(CC)CC)cc1.Cl. The third kappa shape index (κ3) is 7.88. The van der Waals surface area contributed by atoms with Crippen molar-refractivity contribution in [3.05, 3.63) is 24.3 Å². The summed E-state index contributed by atoms with van der Waals surface area (Å²) in [6.45, 7) is 9.22. The smallest absolute Gasteiger partial charge is 0.411 e. The van der Waals surface area contributed by atoms with E-state index in [2.05, 4.69) is 31.0 Å². The van der Waals surface area contributed by atoms with Crippen LogP contribution in [-0.2, 0) is 4.74 Å². The van der Waals surface area contributed by atoms with Crippen LogP contribution in [0.15, 0.2) is 24.3 Å². The van der Waals surface area contributed by atoms with E-state index < -0.39 is 0 Å². The molecule has 1 aromatic rings. The average molecular weight is 413 g/mol. The van der Waals surface area contributed by atoms with Crippen LogP contribution in [0.2, 0.25) is 0 Å². The Morgan fingerprint density at radius 3 is 2.39 bits per heavy atom. The molecule has 0 bridgehead atoms. The van der Waals surface area contributed by atoms with Crippen LogP contribution in [0.4, 0.5) is 10.5 Å². The number of amides is 1. The first-order valence-electron chi connectivity index (χ1n) is 10.6. The summed E-state index contributed by atoms with van der Waals surface area (Å²) < 4.78 is 11.5. The molecule has 0 aromatic heterocycles. The van der Waals surface area contributed by atoms with Gasteiger partial charge < -0.3 is 9.47 Å². The lowest BCUT2D eigenvalue weighted by molar-refractivity contribution is 0.0125. The number of halogens is 1. The molecule has 0 radical (unpaired) electrons. The van der Waals surface area contributed by atoms with Crippen LogP contribution in [0.1, 0.15) is 65.7 Å². The minimum atomic E-state index is -0.365. The third-order valence-electron chi connectivity index (χ3n) is 5.32. The van der Waals surface area contributed by atoms with E-state index in [4.69, 9.17) is 9.47 Å². The van der Waals surface area contributed by atoms with Crippen LogP contribution >= 0.6 is 12.4 Å². The number of nitrogens with one attached hydrogen (secondary N) is 1. The summed E-state index contributed by atoms with van der Waals surface area (Å²) in [7, 11) is 0. The number of hydrogen-bond acceptors (Lipinski definition) is 4. The summed E-state index contributed by atoms with van der Waals surface area (Å²) >= 11 is 0. The molecule has 2 atom stereocenters. The highest BCUT2D eigenvalue weighted by atomic mass is 35.5. The monoisotopic (exact) mass is 412 g/mol. The number of hydrogen-bond donors (Lipinski definition) is 1. The van der Waals surface area contributed by atoms with E-state index in [0.29, 0.717) is 6.04 Å². The highest BCUT2D eigenvalue weighted by Gasteiger charge is 2.31. The zero-order valence-electron chi connectivity index (χ0n) is 17.6. The van der Waals surface area contributed by atoms with Gasteiger partial charge in [0.2, 0.25) is 0 Å². The van der Waals surface area contributed by atoms with Crippen LogP contribution in [0.3, 0.4) is 0 Å². The zero-order chi connectivity index (χ0) is 19.5. The van der Waals surface area contributed by atoms with Crippen LogP contribution in [0.25, 0.3) is 0 Å². The van der Waals surface area contributed by atoms with Gasteiger partial charge >= 0.3 is 6.09 Å². The minimum Gasteiger partial charge on any atom is -0.494 e. The molecule has 1 fully saturated rings. The van der Waals surface area contributed by atoms with Gasteiger partial charge in [0.1, 0.15) is 11.9 Å². The maximum absolute atomic E-state index is 12.4. The number of ether oxygens (including phenoxy) is 2. The fourth-order valence-corrected chi connectivity index (χ4v) is 3.79. The minimum absolute atomic E-state index is 0. The Labute approximate surface area is 176 Å². The second-order valence-electron chi connectivity index (χ2n) is 7.22. The van der Waals surface area contributed by atoms with Crippen molar-refractivity contribution in [1.29, 1.82) is 0 Å². The Balaban J connectivity index is 0.00000392. The highest BCUT2D eigenvalue weighted by Crippen LogP contribution is 2.26. The van der Waals surface area contributed by atoms with Gasteiger partial charge in [-0.3, -0.25) is 10.2 Å². The first-order chi connectivity index (χ1) is 13.2. The van der Waals surface area contributed by atoms with Gasteiger partial charge in [0.25, 0.3) is 0 Å². The lowest BCUT2D eigenvalue weighted by Gasteiger charge is -2.38. The van der Waals surface area contributed by atoms with E-state index in [-0.39, 0.29) is 24.6 Å². The molecule has 1 amide bonds. The number of likely N-dealkylation sites (N-methyl/N-ethyl adjacent to an activating group) is 1. The molecule has 1 aliphatic rings. The van der Waals surface area contributed by atoms with Gasteiger partial charge in [-0.1, -0.05) is 40.0 Å². The molecule has 1 aromatic carbocycles. The second-order valence-corrected chi connectivity index (χ2v) is 7.22. The lowest BCUT2D eigenvalue weighted by atomic mass is 9.91. The lowest BCUT2D eigenvalue weighted by Crippen LogP contribution is -2.47. The Morgan fingerprint density at radius 2 is 1.75 bits per heavy atom. The molecular formula is C22H37ClN2O3. The van der Waals surface area contributed by atoms with E-state index in [1.807, 2.05) is 24.3 Å². The summed E-state index contributed by atoms with van der Waals surface area (Å²) in [6, 6.07) is 7.83. The average Bonchev–Trinajstić information content (AvgIpc) is 2.69. The van der Waals surface area contributed by atoms with E-state index in [9.17, 15) is 4.79 Å². The van der Waals surface area contributed by atoms with Gasteiger partial charge in [0.05, 0.1) is 6.61 Å². The Morgan fingerprint density at radius 1 is 1.07 bits per heavy atom. The topological polar surface area (TPSA) is 50.8 Å². The Hall–Kier alpha value is -1.46. The Bertz CT molecular complexity index is 549. The molecule has 1 N–H and O–H groups in total. The van der Waals surface area contributed by atoms with Gasteiger partial charge in [-0.2, -0.15) is 0 Å². The van der Waals surface area contributed by atoms with Crippen molar-refractivity contribution in [2.45, 2.75) is 77.9 Å². The largest absolute Gasteiger partial charge is 0.494 e. The molecule has 160 valence electrons. The third-order valence-corrected chi connectivity index (χ3v) is 5.32. The molecule has 0 heterocycles. The highest BCUT2D eigenvalue weighted by molar-refractivity contribution is 5.85. The number of unbranched alkanes of at least 4 members (excludes halogenated alkanes) is 2. The normalized spacial score (nSPS) is 19.0. The zero-order valence-corrected chi connectivity index (χ0v) is 18.4. The van der Waals surface area contributed by atoms with Crippen LogP contribution in [0.5, 0.6) is 5.75 Å². The van der Waals surface area contributed by atoms with Gasteiger partial charge in [-0.15, -0.1) is 12.4 Å². The summed E-state index contributed by atoms with van der Waals surface area (Å²) in [5.74, 6) is 0.832. The summed E-state index contributed by atoms with van der Waals surface area (Å²) in [5.41, 5.74) is 0.733. The van der Waals surface area contributed by atoms with Gasteiger partial charge in [0, 0.05) is 11.7 Å². The quantitative estimate of drug-likeness (QED) is 0.487. The molecule has 0 spiro atoms. The van der Waals surface area contributed by atoms with Crippen molar-refractivity contribution in [3.8, 4) is 5.75 Å². The molecule has 0 unspecified atom stereocenters. The molecular weight excluding hydrogens is 376 g/mol. The molecule has 5 nitrogen and oxygen atoms in total. The fourth-order valence-electron chi connectivity index (χ4n) is 3.79. The van der Waals surface area contributed by atoms with Gasteiger partial charge in [-0.05, 0) is 63.0 Å². The molecule has 28 heavy (non-hydrogen) atoms. The molecule has 0 saturated heterocycles. The maximum atomic E-state index is 12.4. The van der Waals surface area contributed by atoms with Crippen molar-refractivity contribution in [1.82, 2.24) is 4.90 Å². The van der Waals surface area contributed by atoms with E-state index in [1.165, 1.54) is 19.3 Å². The van der Waals surface area contributed by atoms with Crippen molar-refractivity contribution in [3.63, 3.8) is 0 Å². The first-order valence-corrected chi connectivity index (χ1v) is 10.6. The number of nitrogens with zero attached hydrogens (tertiary/aromatic N) is 1. The first kappa shape index (κ1) is 24.6. The Kier molecular flexibility index (Phi) is 12.0. The van der Waals surface area contributed by atoms with Crippen molar-refractivity contribution in [2.24, 2.45) is 0 Å². The van der Waals surface area contributed by atoms with Crippen molar-refractivity contribution in [2.75, 3.05) is 25.0 Å². The van der Waals surface area contributed by atoms with Gasteiger partial charge in [-0.25, -0.2) is 4.79 Å². The van der Waals surface area contributed by atoms with E-state index in [0.717, 1.165) is 56.8 Å². The molecule has 2 rings (SSSR count). The second kappa shape index (κ2) is 13.7. The van der Waals surface area contributed by atoms with E-state index in [1.54, 1.807) is 0 Å². The fraction of sp³-hybridized carbons (Fsp3) is 0.682. The number of rotatable bonds is 10. The van der Waals surface area contributed by atoms with Crippen LogP contribution in [-0.4, -0.2) is 42.8 Å². The standard InChI is InChI=1S/C22H36N2O3.ClH/c1-4-7-10-17-26-19-15-13-18(14-16-19)23-22(25)27-21-12-9-8-11-20(21)24(5-2)6-3;/h13-16,20-21H,4-12,17H2,1-3H3,(H,23,25);1H/t20-,21-;/m0./s1. The summed E-state index contributed by atoms with van der Waals surface area (Å²) in [6.07, 6.45) is 7.42. The predicted octanol–water partition coefficient (Wildman–Crippen LogP) is 5.88. The van der Waals surface area contributed by atoms with Crippen molar-refractivity contribution < 1.29 is 14.3 Å².